The highest BCUT2D eigenvalue weighted by molar-refractivity contribution is 9.10. The van der Waals surface area contributed by atoms with Crippen LogP contribution in [0.3, 0.4) is 0 Å². The van der Waals surface area contributed by atoms with Crippen LogP contribution >= 0.6 is 27.5 Å². The van der Waals surface area contributed by atoms with Gasteiger partial charge >= 0.3 is 0 Å². The van der Waals surface area contributed by atoms with E-state index in [1.54, 1.807) is 0 Å². The number of pyridine rings is 1. The maximum Gasteiger partial charge on any atom is 0.256 e. The molecule has 3 rings (SSSR count). The number of hydrogen-bond acceptors (Lipinski definition) is 6. The molecule has 0 spiro atoms. The Kier molecular flexibility index (Phi) is 5.44. The molecule has 0 aliphatic rings. The van der Waals surface area contributed by atoms with Crippen LogP contribution in [0.1, 0.15) is 0 Å². The van der Waals surface area contributed by atoms with Gasteiger partial charge in [-0.1, -0.05) is 11.6 Å². The molecule has 0 radical (unpaired) electrons. The third kappa shape index (κ3) is 3.81. The summed E-state index contributed by atoms with van der Waals surface area (Å²) in [4.78, 5) is 13.4. The van der Waals surface area contributed by atoms with E-state index in [-0.39, 0.29) is 27.7 Å². The Morgan fingerprint density at radius 1 is 1.27 bits per heavy atom. The molecule has 0 fully saturated rings. The number of benzene rings is 1. The van der Waals surface area contributed by atoms with Crippen molar-refractivity contribution in [1.29, 1.82) is 0 Å². The summed E-state index contributed by atoms with van der Waals surface area (Å²) in [6.07, 6.45) is -1.25. The van der Waals surface area contributed by atoms with E-state index in [4.69, 9.17) is 17.4 Å². The number of fused-ring (bicyclic) bond motifs is 1. The topological polar surface area (TPSA) is 80.0 Å². The number of alkyl halides is 2. The van der Waals surface area contributed by atoms with Gasteiger partial charge in [0.05, 0.1) is 17.1 Å². The van der Waals surface area contributed by atoms with Crippen LogP contribution in [-0.2, 0) is 0 Å². The fourth-order valence-electron chi connectivity index (χ4n) is 2.42. The number of nitrogens with zero attached hydrogens (tertiary/aromatic N) is 4. The molecule has 0 aliphatic carbocycles. The first-order chi connectivity index (χ1) is 12.4. The Hall–Kier alpha value is -2.17. The Morgan fingerprint density at radius 2 is 2.04 bits per heavy atom. The van der Waals surface area contributed by atoms with Crippen LogP contribution in [0.4, 0.5) is 30.6 Å². The molecule has 0 unspecified atom stereocenters. The second-order valence-electron chi connectivity index (χ2n) is 5.14. The second-order valence-corrected chi connectivity index (χ2v) is 6.36. The smallest absolute Gasteiger partial charge is 0.256 e. The van der Waals surface area contributed by atoms with Crippen LogP contribution < -0.4 is 16.2 Å². The normalized spacial score (nSPS) is 11.2. The largest absolute Gasteiger partial charge is 0.320 e. The van der Waals surface area contributed by atoms with Gasteiger partial charge in [-0.3, -0.25) is 5.43 Å². The SMILES string of the molecule is NNc1nc(N(CC(F)F)c2ccnc(Br)c2)c2cc(F)cc(Cl)c2n1. The lowest BCUT2D eigenvalue weighted by molar-refractivity contribution is 0.158. The van der Waals surface area contributed by atoms with E-state index in [2.05, 4.69) is 36.3 Å². The average molecular weight is 448 g/mol. The monoisotopic (exact) mass is 446 g/mol. The first-order valence-corrected chi connectivity index (χ1v) is 8.37. The summed E-state index contributed by atoms with van der Waals surface area (Å²) < 4.78 is 40.8. The lowest BCUT2D eigenvalue weighted by Crippen LogP contribution is -2.26. The maximum atomic E-state index is 13.9. The van der Waals surface area contributed by atoms with Crippen molar-refractivity contribution < 1.29 is 13.2 Å². The van der Waals surface area contributed by atoms with Gasteiger partial charge in [-0.15, -0.1) is 0 Å². The van der Waals surface area contributed by atoms with E-state index in [0.29, 0.717) is 10.3 Å². The summed E-state index contributed by atoms with van der Waals surface area (Å²) in [5, 5.41) is 0.177. The van der Waals surface area contributed by atoms with Crippen molar-refractivity contribution in [1.82, 2.24) is 15.0 Å². The number of aromatic nitrogens is 3. The van der Waals surface area contributed by atoms with Gasteiger partial charge in [-0.25, -0.2) is 29.0 Å². The Labute approximate surface area is 159 Å². The summed E-state index contributed by atoms with van der Waals surface area (Å²) in [6.45, 7) is -0.694. The molecule has 0 saturated carbocycles. The molecular weight excluding hydrogens is 437 g/mol. The molecule has 0 aliphatic heterocycles. The Bertz CT molecular complexity index is 958. The highest BCUT2D eigenvalue weighted by atomic mass is 79.9. The fraction of sp³-hybridized carbons (Fsp3) is 0.133. The molecule has 6 nitrogen and oxygen atoms in total. The number of nitrogens with one attached hydrogen (secondary N) is 1. The molecule has 2 heterocycles. The van der Waals surface area contributed by atoms with Crippen LogP contribution in [0.25, 0.3) is 10.9 Å². The summed E-state index contributed by atoms with van der Waals surface area (Å²) in [5.41, 5.74) is 2.81. The summed E-state index contributed by atoms with van der Waals surface area (Å²) in [6, 6.07) is 5.26. The molecule has 136 valence electrons. The van der Waals surface area contributed by atoms with Crippen molar-refractivity contribution in [2.24, 2.45) is 5.84 Å². The lowest BCUT2D eigenvalue weighted by Gasteiger charge is -2.25. The Balaban J connectivity index is 2.30. The van der Waals surface area contributed by atoms with Gasteiger partial charge in [0, 0.05) is 17.3 Å². The minimum atomic E-state index is -2.69. The van der Waals surface area contributed by atoms with Gasteiger partial charge in [0.1, 0.15) is 16.2 Å². The third-order valence-electron chi connectivity index (χ3n) is 3.43. The third-order valence-corrected chi connectivity index (χ3v) is 4.15. The second kappa shape index (κ2) is 7.60. The summed E-state index contributed by atoms with van der Waals surface area (Å²) in [7, 11) is 0. The van der Waals surface area contributed by atoms with Gasteiger partial charge in [0.2, 0.25) is 5.95 Å². The van der Waals surface area contributed by atoms with Crippen LogP contribution in [0.2, 0.25) is 5.02 Å². The van der Waals surface area contributed by atoms with Crippen molar-refractivity contribution in [3.05, 3.63) is 45.9 Å². The van der Waals surface area contributed by atoms with Gasteiger partial charge in [-0.05, 0) is 40.2 Å². The summed E-state index contributed by atoms with van der Waals surface area (Å²) in [5.74, 6) is 4.72. The molecule has 0 atom stereocenters. The van der Waals surface area contributed by atoms with Crippen LogP contribution in [0, 0.1) is 5.82 Å². The fourth-order valence-corrected chi connectivity index (χ4v) is 3.03. The molecule has 1 aromatic carbocycles. The number of hydrogen-bond donors (Lipinski definition) is 2. The van der Waals surface area contributed by atoms with Crippen LogP contribution in [0.5, 0.6) is 0 Å². The Morgan fingerprint density at radius 3 is 2.69 bits per heavy atom. The van der Waals surface area contributed by atoms with Gasteiger partial charge in [0.15, 0.2) is 0 Å². The molecule has 0 amide bonds. The number of hydrazine groups is 1. The van der Waals surface area contributed by atoms with E-state index in [9.17, 15) is 13.2 Å². The van der Waals surface area contributed by atoms with E-state index < -0.39 is 18.8 Å². The maximum absolute atomic E-state index is 13.9. The average Bonchev–Trinajstić information content (AvgIpc) is 2.59. The van der Waals surface area contributed by atoms with Crippen molar-refractivity contribution in [3.63, 3.8) is 0 Å². The van der Waals surface area contributed by atoms with Crippen molar-refractivity contribution in [3.8, 4) is 0 Å². The molecule has 0 saturated heterocycles. The van der Waals surface area contributed by atoms with Crippen molar-refractivity contribution in [2.45, 2.75) is 6.43 Å². The molecule has 2 aromatic heterocycles. The molecule has 3 aromatic rings. The van der Waals surface area contributed by atoms with E-state index in [1.807, 2.05) is 0 Å². The zero-order valence-electron chi connectivity index (χ0n) is 12.9. The zero-order valence-corrected chi connectivity index (χ0v) is 15.3. The molecule has 0 bridgehead atoms. The standard InChI is InChI=1S/C15H11BrClF3N6/c16-11-5-8(1-2-22-11)26(6-12(19)20)14-9-3-7(18)4-10(17)13(9)23-15(24-14)25-21/h1-5,12H,6,21H2,(H,23,24,25). The number of anilines is 3. The first-order valence-electron chi connectivity index (χ1n) is 7.19. The van der Waals surface area contributed by atoms with E-state index >= 15 is 0 Å². The highest BCUT2D eigenvalue weighted by Crippen LogP contribution is 2.35. The van der Waals surface area contributed by atoms with Crippen molar-refractivity contribution >= 4 is 55.9 Å². The van der Waals surface area contributed by atoms with E-state index in [1.165, 1.54) is 23.2 Å². The minimum absolute atomic E-state index is 0.00746. The lowest BCUT2D eigenvalue weighted by atomic mass is 10.2. The summed E-state index contributed by atoms with van der Waals surface area (Å²) >= 11 is 9.26. The molecule has 3 N–H and O–H groups in total. The highest BCUT2D eigenvalue weighted by Gasteiger charge is 2.22. The zero-order chi connectivity index (χ0) is 18.8. The molecule has 26 heavy (non-hydrogen) atoms. The van der Waals surface area contributed by atoms with Gasteiger partial charge < -0.3 is 4.90 Å². The quantitative estimate of drug-likeness (QED) is 0.345. The van der Waals surface area contributed by atoms with E-state index in [0.717, 1.165) is 12.1 Å². The van der Waals surface area contributed by atoms with Crippen molar-refractivity contribution in [2.75, 3.05) is 16.9 Å². The predicted octanol–water partition coefficient (Wildman–Crippen LogP) is 4.27. The molecule has 11 heteroatoms. The van der Waals surface area contributed by atoms with Crippen LogP contribution in [0.15, 0.2) is 35.1 Å². The van der Waals surface area contributed by atoms with Crippen LogP contribution in [-0.4, -0.2) is 27.9 Å². The number of rotatable bonds is 5. The number of nitrogens with two attached hydrogens (primary N) is 1. The number of halogens is 5. The number of nitrogen functional groups attached to an aromatic ring is 1. The van der Waals surface area contributed by atoms with Gasteiger partial charge in [0.25, 0.3) is 6.43 Å². The minimum Gasteiger partial charge on any atom is -0.320 e. The first kappa shape index (κ1) is 18.6. The predicted molar refractivity (Wildman–Crippen MR) is 97.3 cm³/mol. The van der Waals surface area contributed by atoms with Gasteiger partial charge in [-0.2, -0.15) is 4.98 Å². The molecular formula is C15H11BrClF3N6.